The zero-order chi connectivity index (χ0) is 12.3. The zero-order valence-electron chi connectivity index (χ0n) is 10.3. The van der Waals surface area contributed by atoms with Crippen LogP contribution in [0.25, 0.3) is 0 Å². The average molecular weight is 236 g/mol. The Morgan fingerprint density at radius 3 is 1.94 bits per heavy atom. The van der Waals surface area contributed by atoms with Crippen LogP contribution in [-0.2, 0) is 13.2 Å². The fourth-order valence-corrected chi connectivity index (χ4v) is 2.17. The molecule has 0 amide bonds. The van der Waals surface area contributed by atoms with Crippen LogP contribution >= 0.6 is 0 Å². The van der Waals surface area contributed by atoms with Crippen LogP contribution < -0.4 is 4.90 Å². The summed E-state index contributed by atoms with van der Waals surface area (Å²) in [7, 11) is 2.13. The van der Waals surface area contributed by atoms with E-state index in [1.807, 2.05) is 18.2 Å². The fraction of sp³-hybridized carbons (Fsp3) is 0.538. The van der Waals surface area contributed by atoms with Crippen LogP contribution in [-0.4, -0.2) is 48.3 Å². The van der Waals surface area contributed by atoms with E-state index in [0.717, 1.165) is 43.0 Å². The lowest BCUT2D eigenvalue weighted by molar-refractivity contribution is 0.275. The van der Waals surface area contributed by atoms with Crippen molar-refractivity contribution in [3.63, 3.8) is 0 Å². The van der Waals surface area contributed by atoms with Crippen LogP contribution in [0.2, 0.25) is 0 Å². The van der Waals surface area contributed by atoms with E-state index in [1.54, 1.807) is 0 Å². The molecule has 1 aliphatic rings. The zero-order valence-corrected chi connectivity index (χ0v) is 10.3. The SMILES string of the molecule is CN1CCN(c2cc(CO)cc(CO)c2)CC1. The van der Waals surface area contributed by atoms with E-state index in [4.69, 9.17) is 0 Å². The number of likely N-dealkylation sites (N-methyl/N-ethyl adjacent to an activating group) is 1. The quantitative estimate of drug-likeness (QED) is 0.798. The second-order valence-electron chi connectivity index (χ2n) is 4.61. The lowest BCUT2D eigenvalue weighted by Crippen LogP contribution is -2.44. The van der Waals surface area contributed by atoms with Crippen molar-refractivity contribution in [2.45, 2.75) is 13.2 Å². The van der Waals surface area contributed by atoms with Gasteiger partial charge in [-0.15, -0.1) is 0 Å². The van der Waals surface area contributed by atoms with Crippen molar-refractivity contribution >= 4 is 5.69 Å². The molecule has 4 nitrogen and oxygen atoms in total. The van der Waals surface area contributed by atoms with Gasteiger partial charge in [-0.3, -0.25) is 0 Å². The van der Waals surface area contributed by atoms with Crippen molar-refractivity contribution < 1.29 is 10.2 Å². The molecule has 94 valence electrons. The van der Waals surface area contributed by atoms with Gasteiger partial charge in [0.2, 0.25) is 0 Å². The summed E-state index contributed by atoms with van der Waals surface area (Å²) in [6, 6.07) is 5.86. The average Bonchev–Trinajstić information content (AvgIpc) is 2.39. The molecule has 1 fully saturated rings. The monoisotopic (exact) mass is 236 g/mol. The molecular weight excluding hydrogens is 216 g/mol. The van der Waals surface area contributed by atoms with E-state index in [0.29, 0.717) is 0 Å². The molecular formula is C13H20N2O2. The number of hydrogen-bond acceptors (Lipinski definition) is 4. The van der Waals surface area contributed by atoms with Crippen LogP contribution in [0.5, 0.6) is 0 Å². The molecule has 1 aromatic rings. The van der Waals surface area contributed by atoms with Gasteiger partial charge < -0.3 is 20.0 Å². The lowest BCUT2D eigenvalue weighted by atomic mass is 10.1. The Balaban J connectivity index is 2.19. The first-order chi connectivity index (χ1) is 8.22. The standard InChI is InChI=1S/C13H20N2O2/c1-14-2-4-15(5-3-14)13-7-11(9-16)6-12(8-13)10-17/h6-8,16-17H,2-5,9-10H2,1H3. The molecule has 1 saturated heterocycles. The van der Waals surface area contributed by atoms with Crippen LogP contribution in [0.3, 0.4) is 0 Å². The molecule has 0 aromatic heterocycles. The molecule has 4 heteroatoms. The molecule has 0 bridgehead atoms. The number of piperazine rings is 1. The van der Waals surface area contributed by atoms with E-state index in [-0.39, 0.29) is 13.2 Å². The fourth-order valence-electron chi connectivity index (χ4n) is 2.17. The summed E-state index contributed by atoms with van der Waals surface area (Å²) >= 11 is 0. The topological polar surface area (TPSA) is 46.9 Å². The van der Waals surface area contributed by atoms with Crippen LogP contribution in [0.4, 0.5) is 5.69 Å². The highest BCUT2D eigenvalue weighted by Crippen LogP contribution is 2.21. The molecule has 0 atom stereocenters. The normalized spacial score (nSPS) is 17.5. The van der Waals surface area contributed by atoms with Crippen molar-refractivity contribution in [1.82, 2.24) is 4.90 Å². The van der Waals surface area contributed by atoms with Crippen molar-refractivity contribution in [2.24, 2.45) is 0 Å². The summed E-state index contributed by atoms with van der Waals surface area (Å²) in [5.74, 6) is 0. The molecule has 0 unspecified atom stereocenters. The third-order valence-electron chi connectivity index (χ3n) is 3.27. The first-order valence-corrected chi connectivity index (χ1v) is 6.01. The van der Waals surface area contributed by atoms with Crippen molar-refractivity contribution in [1.29, 1.82) is 0 Å². The summed E-state index contributed by atoms with van der Waals surface area (Å²) < 4.78 is 0. The Kier molecular flexibility index (Phi) is 3.99. The minimum Gasteiger partial charge on any atom is -0.392 e. The Morgan fingerprint density at radius 1 is 0.941 bits per heavy atom. The van der Waals surface area contributed by atoms with Crippen molar-refractivity contribution in [3.05, 3.63) is 29.3 Å². The summed E-state index contributed by atoms with van der Waals surface area (Å²) in [5.41, 5.74) is 2.84. The van der Waals surface area contributed by atoms with E-state index in [2.05, 4.69) is 16.8 Å². The minimum absolute atomic E-state index is 0.0224. The maximum absolute atomic E-state index is 9.21. The molecule has 0 radical (unpaired) electrons. The molecule has 17 heavy (non-hydrogen) atoms. The third kappa shape index (κ3) is 2.97. The molecule has 0 aliphatic carbocycles. The second-order valence-corrected chi connectivity index (χ2v) is 4.61. The number of rotatable bonds is 3. The summed E-state index contributed by atoms with van der Waals surface area (Å²) in [4.78, 5) is 4.61. The van der Waals surface area contributed by atoms with E-state index >= 15 is 0 Å². The van der Waals surface area contributed by atoms with Gasteiger partial charge in [0.25, 0.3) is 0 Å². The van der Waals surface area contributed by atoms with E-state index in [1.165, 1.54) is 0 Å². The predicted molar refractivity (Wildman–Crippen MR) is 68.0 cm³/mol. The van der Waals surface area contributed by atoms with Gasteiger partial charge in [-0.2, -0.15) is 0 Å². The molecule has 1 aliphatic heterocycles. The highest BCUT2D eigenvalue weighted by atomic mass is 16.3. The van der Waals surface area contributed by atoms with Gasteiger partial charge in [-0.25, -0.2) is 0 Å². The number of aliphatic hydroxyl groups is 2. The van der Waals surface area contributed by atoms with Gasteiger partial charge in [0, 0.05) is 31.9 Å². The minimum atomic E-state index is 0.0224. The number of anilines is 1. The maximum Gasteiger partial charge on any atom is 0.0682 e. The number of hydrogen-bond donors (Lipinski definition) is 2. The smallest absolute Gasteiger partial charge is 0.0682 e. The Labute approximate surface area is 102 Å². The van der Waals surface area contributed by atoms with Gasteiger partial charge >= 0.3 is 0 Å². The highest BCUT2D eigenvalue weighted by molar-refractivity contribution is 5.51. The van der Waals surface area contributed by atoms with Gasteiger partial charge in [0.1, 0.15) is 0 Å². The third-order valence-corrected chi connectivity index (χ3v) is 3.27. The lowest BCUT2D eigenvalue weighted by Gasteiger charge is -2.34. The first-order valence-electron chi connectivity index (χ1n) is 6.01. The molecule has 1 aromatic carbocycles. The molecule has 1 heterocycles. The summed E-state index contributed by atoms with van der Waals surface area (Å²) in [6.07, 6.45) is 0. The highest BCUT2D eigenvalue weighted by Gasteiger charge is 2.15. The van der Waals surface area contributed by atoms with E-state index < -0.39 is 0 Å². The molecule has 2 rings (SSSR count). The van der Waals surface area contributed by atoms with Crippen LogP contribution in [0.15, 0.2) is 18.2 Å². The van der Waals surface area contributed by atoms with Gasteiger partial charge in [-0.05, 0) is 30.3 Å². The van der Waals surface area contributed by atoms with Crippen LogP contribution in [0.1, 0.15) is 11.1 Å². The number of nitrogens with zero attached hydrogens (tertiary/aromatic N) is 2. The van der Waals surface area contributed by atoms with Crippen molar-refractivity contribution in [3.8, 4) is 0 Å². The largest absolute Gasteiger partial charge is 0.392 e. The Morgan fingerprint density at radius 2 is 1.47 bits per heavy atom. The maximum atomic E-state index is 9.21. The number of aliphatic hydroxyl groups excluding tert-OH is 2. The van der Waals surface area contributed by atoms with Gasteiger partial charge in [0.05, 0.1) is 13.2 Å². The number of benzene rings is 1. The molecule has 2 N–H and O–H groups in total. The summed E-state index contributed by atoms with van der Waals surface area (Å²) in [6.45, 7) is 4.14. The van der Waals surface area contributed by atoms with E-state index in [9.17, 15) is 10.2 Å². The molecule has 0 spiro atoms. The Bertz CT molecular complexity index is 351. The second kappa shape index (κ2) is 5.49. The van der Waals surface area contributed by atoms with Crippen LogP contribution in [0, 0.1) is 0 Å². The van der Waals surface area contributed by atoms with Gasteiger partial charge in [0.15, 0.2) is 0 Å². The van der Waals surface area contributed by atoms with Gasteiger partial charge in [-0.1, -0.05) is 6.07 Å². The Hall–Kier alpha value is -1.10. The predicted octanol–water partition coefficient (Wildman–Crippen LogP) is 0.423. The van der Waals surface area contributed by atoms with Crippen molar-refractivity contribution in [2.75, 3.05) is 38.1 Å². The summed E-state index contributed by atoms with van der Waals surface area (Å²) in [5, 5.41) is 18.4. The first kappa shape index (κ1) is 12.4. The molecule has 0 saturated carbocycles.